The predicted molar refractivity (Wildman–Crippen MR) is 136 cm³/mol. The minimum atomic E-state index is 0.0417. The highest BCUT2D eigenvalue weighted by molar-refractivity contribution is 7.16. The van der Waals surface area contributed by atoms with Crippen LogP contribution in [-0.2, 0) is 13.1 Å². The van der Waals surface area contributed by atoms with Crippen LogP contribution in [0.15, 0.2) is 60.1 Å². The highest BCUT2D eigenvalue weighted by atomic mass is 32.1. The molecule has 1 saturated heterocycles. The fraction of sp³-hybridized carbons (Fsp3) is 0.286. The summed E-state index contributed by atoms with van der Waals surface area (Å²) >= 11 is 1.55. The fourth-order valence-corrected chi connectivity index (χ4v) is 5.96. The van der Waals surface area contributed by atoms with Gasteiger partial charge in [0, 0.05) is 43.4 Å². The largest absolute Gasteiger partial charge is 0.339 e. The van der Waals surface area contributed by atoms with Gasteiger partial charge in [0.2, 0.25) is 0 Å². The van der Waals surface area contributed by atoms with E-state index < -0.39 is 0 Å². The topological polar surface area (TPSA) is 66.4 Å². The van der Waals surface area contributed by atoms with E-state index in [1.54, 1.807) is 16.8 Å². The summed E-state index contributed by atoms with van der Waals surface area (Å²) in [5.41, 5.74) is 8.36. The number of aryl methyl sites for hydroxylation is 1. The van der Waals surface area contributed by atoms with E-state index in [1.807, 2.05) is 59.2 Å². The maximum absolute atomic E-state index is 13.5. The molecule has 2 amide bonds. The van der Waals surface area contributed by atoms with Gasteiger partial charge in [-0.1, -0.05) is 24.3 Å². The van der Waals surface area contributed by atoms with Crippen molar-refractivity contribution in [3.8, 4) is 0 Å². The van der Waals surface area contributed by atoms with Crippen LogP contribution in [0, 0.1) is 6.92 Å². The van der Waals surface area contributed by atoms with Gasteiger partial charge in [0.25, 0.3) is 11.8 Å². The Kier molecular flexibility index (Phi) is 5.57. The number of carbonyl (C=O) groups excluding carboxylic acids is 2. The lowest BCUT2D eigenvalue weighted by Gasteiger charge is -2.33. The number of amides is 2. The molecule has 0 radical (unpaired) electrons. The Morgan fingerprint density at radius 1 is 0.914 bits per heavy atom. The van der Waals surface area contributed by atoms with Crippen molar-refractivity contribution in [2.24, 2.45) is 0 Å². The molecule has 4 aromatic rings. The standard InChI is InChI=1S/C28H26N4O2S/c1-18-6-8-23(28(34)32-15-21-4-2-3-5-22(21)16-32)26(30-18)19-10-12-31(13-11-19)27(33)20-7-9-24-25(14-20)35-17-29-24/h2-9,14,17,19H,10-13,15-16H2,1H3. The minimum absolute atomic E-state index is 0.0417. The van der Waals surface area contributed by atoms with Crippen LogP contribution in [0.4, 0.5) is 0 Å². The Morgan fingerprint density at radius 3 is 2.40 bits per heavy atom. The molecular formula is C28H26N4O2S. The van der Waals surface area contributed by atoms with Crippen LogP contribution in [0.25, 0.3) is 10.2 Å². The van der Waals surface area contributed by atoms with Crippen LogP contribution in [0.2, 0.25) is 0 Å². The van der Waals surface area contributed by atoms with E-state index >= 15 is 0 Å². The summed E-state index contributed by atoms with van der Waals surface area (Å²) in [4.78, 5) is 39.7. The SMILES string of the molecule is Cc1ccc(C(=O)N2Cc3ccccc3C2)c(C2CCN(C(=O)c3ccc4ncsc4c3)CC2)n1. The zero-order valence-electron chi connectivity index (χ0n) is 19.6. The van der Waals surface area contributed by atoms with E-state index in [9.17, 15) is 9.59 Å². The number of rotatable bonds is 3. The molecule has 0 spiro atoms. The molecule has 0 unspecified atom stereocenters. The molecule has 0 bridgehead atoms. The van der Waals surface area contributed by atoms with Crippen molar-refractivity contribution in [1.82, 2.24) is 19.8 Å². The normalized spacial score (nSPS) is 16.0. The second-order valence-corrected chi connectivity index (χ2v) is 10.3. The van der Waals surface area contributed by atoms with Gasteiger partial charge >= 0.3 is 0 Å². The smallest absolute Gasteiger partial charge is 0.256 e. The van der Waals surface area contributed by atoms with Crippen LogP contribution in [-0.4, -0.2) is 44.7 Å². The van der Waals surface area contributed by atoms with E-state index in [-0.39, 0.29) is 17.7 Å². The summed E-state index contributed by atoms with van der Waals surface area (Å²) in [7, 11) is 0. The molecule has 6 nitrogen and oxygen atoms in total. The second kappa shape index (κ2) is 8.89. The second-order valence-electron chi connectivity index (χ2n) is 9.42. The summed E-state index contributed by atoms with van der Waals surface area (Å²) in [6.45, 7) is 4.56. The molecule has 0 N–H and O–H groups in total. The van der Waals surface area contributed by atoms with E-state index in [2.05, 4.69) is 17.1 Å². The molecule has 2 aromatic carbocycles. The summed E-state index contributed by atoms with van der Waals surface area (Å²) in [6.07, 6.45) is 1.59. The molecule has 0 aliphatic carbocycles. The quantitative estimate of drug-likeness (QED) is 0.404. The zero-order valence-corrected chi connectivity index (χ0v) is 20.4. The van der Waals surface area contributed by atoms with Gasteiger partial charge in [0.05, 0.1) is 27.0 Å². The Morgan fingerprint density at radius 2 is 1.66 bits per heavy atom. The number of benzene rings is 2. The third-order valence-corrected chi connectivity index (χ3v) is 7.96. The van der Waals surface area contributed by atoms with Crippen molar-refractivity contribution >= 4 is 33.4 Å². The Labute approximate surface area is 208 Å². The van der Waals surface area contributed by atoms with Crippen molar-refractivity contribution in [2.45, 2.75) is 38.8 Å². The number of piperidine rings is 1. The third kappa shape index (κ3) is 4.10. The predicted octanol–water partition coefficient (Wildman–Crippen LogP) is 5.18. The highest BCUT2D eigenvalue weighted by Crippen LogP contribution is 2.32. The number of carbonyl (C=O) groups is 2. The molecule has 2 aliphatic rings. The third-order valence-electron chi connectivity index (χ3n) is 7.17. The first-order valence-corrected chi connectivity index (χ1v) is 12.9. The van der Waals surface area contributed by atoms with Crippen molar-refractivity contribution < 1.29 is 9.59 Å². The summed E-state index contributed by atoms with van der Waals surface area (Å²) in [6, 6.07) is 17.8. The highest BCUT2D eigenvalue weighted by Gasteiger charge is 2.31. The lowest BCUT2D eigenvalue weighted by atomic mass is 9.89. The van der Waals surface area contributed by atoms with Crippen molar-refractivity contribution in [1.29, 1.82) is 0 Å². The van der Waals surface area contributed by atoms with Crippen LogP contribution in [0.1, 0.15) is 62.0 Å². The number of nitrogens with zero attached hydrogens (tertiary/aromatic N) is 4. The Bertz CT molecular complexity index is 1410. The minimum Gasteiger partial charge on any atom is -0.339 e. The first-order valence-electron chi connectivity index (χ1n) is 12.0. The van der Waals surface area contributed by atoms with E-state index in [0.717, 1.165) is 34.4 Å². The lowest BCUT2D eigenvalue weighted by Crippen LogP contribution is -2.38. The monoisotopic (exact) mass is 482 g/mol. The lowest BCUT2D eigenvalue weighted by molar-refractivity contribution is 0.0703. The van der Waals surface area contributed by atoms with E-state index in [0.29, 0.717) is 37.3 Å². The van der Waals surface area contributed by atoms with Crippen molar-refractivity contribution in [2.75, 3.05) is 13.1 Å². The van der Waals surface area contributed by atoms with Gasteiger partial charge in [-0.2, -0.15) is 0 Å². The molecule has 35 heavy (non-hydrogen) atoms. The molecule has 4 heterocycles. The number of fused-ring (bicyclic) bond motifs is 2. The van der Waals surface area contributed by atoms with Crippen LogP contribution >= 0.6 is 11.3 Å². The maximum Gasteiger partial charge on any atom is 0.256 e. The number of thiazole rings is 1. The first-order chi connectivity index (χ1) is 17.1. The number of hydrogen-bond acceptors (Lipinski definition) is 5. The van der Waals surface area contributed by atoms with E-state index in [4.69, 9.17) is 4.98 Å². The molecule has 2 aromatic heterocycles. The Balaban J connectivity index is 1.18. The van der Waals surface area contributed by atoms with Gasteiger partial charge in [-0.25, -0.2) is 4.98 Å². The summed E-state index contributed by atoms with van der Waals surface area (Å²) in [5, 5.41) is 0. The average molecular weight is 483 g/mol. The van der Waals surface area contributed by atoms with Gasteiger partial charge in [-0.15, -0.1) is 11.3 Å². The van der Waals surface area contributed by atoms with Crippen molar-refractivity contribution in [3.05, 3.63) is 93.7 Å². The van der Waals surface area contributed by atoms with Gasteiger partial charge in [-0.05, 0) is 61.2 Å². The Hall–Kier alpha value is -3.58. The molecule has 7 heteroatoms. The fourth-order valence-electron chi connectivity index (χ4n) is 5.24. The molecule has 0 saturated carbocycles. The molecule has 1 fully saturated rings. The first kappa shape index (κ1) is 21.9. The average Bonchev–Trinajstić information content (AvgIpc) is 3.54. The van der Waals surface area contributed by atoms with Gasteiger partial charge in [0.1, 0.15) is 0 Å². The maximum atomic E-state index is 13.5. The molecule has 176 valence electrons. The van der Waals surface area contributed by atoms with Crippen LogP contribution in [0.5, 0.6) is 0 Å². The van der Waals surface area contributed by atoms with Crippen LogP contribution < -0.4 is 0 Å². The van der Waals surface area contributed by atoms with Crippen molar-refractivity contribution in [3.63, 3.8) is 0 Å². The number of pyridine rings is 1. The summed E-state index contributed by atoms with van der Waals surface area (Å²) < 4.78 is 1.03. The van der Waals surface area contributed by atoms with Gasteiger partial charge < -0.3 is 9.80 Å². The van der Waals surface area contributed by atoms with Gasteiger partial charge in [-0.3, -0.25) is 14.6 Å². The molecular weight excluding hydrogens is 456 g/mol. The number of aromatic nitrogens is 2. The van der Waals surface area contributed by atoms with Gasteiger partial charge in [0.15, 0.2) is 0 Å². The number of hydrogen-bond donors (Lipinski definition) is 0. The van der Waals surface area contributed by atoms with E-state index in [1.165, 1.54) is 11.1 Å². The summed E-state index contributed by atoms with van der Waals surface area (Å²) in [5.74, 6) is 0.258. The number of likely N-dealkylation sites (tertiary alicyclic amines) is 1. The molecule has 2 aliphatic heterocycles. The van der Waals surface area contributed by atoms with Crippen LogP contribution in [0.3, 0.4) is 0 Å². The zero-order chi connectivity index (χ0) is 23.9. The molecule has 6 rings (SSSR count). The molecule has 0 atom stereocenters.